The molecule has 0 radical (unpaired) electrons. The molecule has 0 bridgehead atoms. The van der Waals surface area contributed by atoms with Gasteiger partial charge in [0.2, 0.25) is 5.78 Å². The molecule has 1 N–H and O–H groups in total. The third-order valence-electron chi connectivity index (χ3n) is 2.48. The highest BCUT2D eigenvalue weighted by Crippen LogP contribution is 2.21. The molecule has 2 aromatic rings. The van der Waals surface area contributed by atoms with Gasteiger partial charge < -0.3 is 5.32 Å². The van der Waals surface area contributed by atoms with Crippen molar-refractivity contribution in [1.29, 1.82) is 0 Å². The van der Waals surface area contributed by atoms with Crippen LogP contribution < -0.4 is 5.32 Å². The van der Waals surface area contributed by atoms with Crippen molar-refractivity contribution in [1.82, 2.24) is 0 Å². The van der Waals surface area contributed by atoms with E-state index in [-0.39, 0.29) is 5.78 Å². The lowest BCUT2D eigenvalue weighted by molar-refractivity contribution is 0.104. The van der Waals surface area contributed by atoms with E-state index in [1.54, 1.807) is 0 Å². The van der Waals surface area contributed by atoms with Gasteiger partial charge in [0, 0.05) is 18.3 Å². The number of hydrogen-bond acceptors (Lipinski definition) is 3. The molecule has 3 heteroatoms. The van der Waals surface area contributed by atoms with E-state index in [0.717, 1.165) is 21.7 Å². The Morgan fingerprint density at radius 3 is 2.75 bits per heavy atom. The smallest absolute Gasteiger partial charge is 0.203 e. The van der Waals surface area contributed by atoms with E-state index < -0.39 is 0 Å². The lowest BCUT2D eigenvalue weighted by Crippen LogP contribution is -2.01. The number of carbonyl (C=O) groups excluding carboxylic acids is 1. The van der Waals surface area contributed by atoms with Crippen molar-refractivity contribution in [3.05, 3.63) is 51.7 Å². The van der Waals surface area contributed by atoms with Gasteiger partial charge >= 0.3 is 0 Å². The number of hydrogen-bond donors (Lipinski definition) is 1. The average molecular weight is 231 g/mol. The van der Waals surface area contributed by atoms with Gasteiger partial charge in [-0.3, -0.25) is 4.79 Å². The first kappa shape index (κ1) is 10.9. The highest BCUT2D eigenvalue weighted by molar-refractivity contribution is 7.12. The first-order chi connectivity index (χ1) is 7.72. The summed E-state index contributed by atoms with van der Waals surface area (Å²) in [6, 6.07) is 9.53. The second-order valence-corrected chi connectivity index (χ2v) is 4.51. The number of thiophene rings is 1. The fraction of sp³-hybridized carbons (Fsp3) is 0.154. The summed E-state index contributed by atoms with van der Waals surface area (Å²) < 4.78 is 0. The maximum atomic E-state index is 12.2. The fourth-order valence-electron chi connectivity index (χ4n) is 1.55. The number of nitrogens with one attached hydrogen (secondary N) is 1. The third kappa shape index (κ3) is 1.99. The summed E-state index contributed by atoms with van der Waals surface area (Å²) in [5, 5.41) is 4.98. The van der Waals surface area contributed by atoms with Crippen LogP contribution in [0.4, 0.5) is 5.69 Å². The number of aryl methyl sites for hydroxylation is 1. The predicted molar refractivity (Wildman–Crippen MR) is 68.5 cm³/mol. The van der Waals surface area contributed by atoms with Crippen molar-refractivity contribution in [3.8, 4) is 0 Å². The molecule has 0 fully saturated rings. The Balaban J connectivity index is 2.38. The molecule has 0 saturated carbocycles. The average Bonchev–Trinajstić information content (AvgIpc) is 2.74. The summed E-state index contributed by atoms with van der Waals surface area (Å²) in [5.74, 6) is 0.101. The summed E-state index contributed by atoms with van der Waals surface area (Å²) >= 11 is 1.50. The lowest BCUT2D eigenvalue weighted by atomic mass is 10.1. The molecule has 2 rings (SSSR count). The Bertz CT molecular complexity index is 516. The third-order valence-corrected chi connectivity index (χ3v) is 3.50. The van der Waals surface area contributed by atoms with Crippen molar-refractivity contribution in [2.24, 2.45) is 0 Å². The van der Waals surface area contributed by atoms with E-state index in [2.05, 4.69) is 5.32 Å². The first-order valence-corrected chi connectivity index (χ1v) is 5.97. The van der Waals surface area contributed by atoms with E-state index in [4.69, 9.17) is 0 Å². The number of anilines is 1. The van der Waals surface area contributed by atoms with E-state index in [1.165, 1.54) is 11.3 Å². The number of carbonyl (C=O) groups is 1. The van der Waals surface area contributed by atoms with Gasteiger partial charge in [0.15, 0.2) is 0 Å². The molecule has 0 aliphatic carbocycles. The van der Waals surface area contributed by atoms with Crippen molar-refractivity contribution >= 4 is 22.8 Å². The molecule has 0 atom stereocenters. The Hall–Kier alpha value is -1.61. The minimum atomic E-state index is 0.101. The summed E-state index contributed by atoms with van der Waals surface area (Å²) in [6.45, 7) is 1.96. The molecule has 2 nitrogen and oxygen atoms in total. The van der Waals surface area contributed by atoms with Crippen LogP contribution in [0.25, 0.3) is 0 Å². The maximum Gasteiger partial charge on any atom is 0.203 e. The van der Waals surface area contributed by atoms with Crippen molar-refractivity contribution in [2.45, 2.75) is 6.92 Å². The number of benzene rings is 1. The van der Waals surface area contributed by atoms with Crippen molar-refractivity contribution < 1.29 is 4.79 Å². The quantitative estimate of drug-likeness (QED) is 0.821. The number of ketones is 1. The SMILES string of the molecule is CNc1cccc(C(=O)c2sccc2C)c1. The second kappa shape index (κ2) is 4.49. The van der Waals surface area contributed by atoms with Crippen LogP contribution in [0.2, 0.25) is 0 Å². The Labute approximate surface area is 98.9 Å². The molecule has 82 valence electrons. The van der Waals surface area contributed by atoms with E-state index >= 15 is 0 Å². The molecular formula is C13H13NOS. The number of rotatable bonds is 3. The summed E-state index contributed by atoms with van der Waals surface area (Å²) in [7, 11) is 1.85. The van der Waals surface area contributed by atoms with Crippen LogP contribution in [0.1, 0.15) is 20.8 Å². The van der Waals surface area contributed by atoms with Gasteiger partial charge in [0.05, 0.1) is 4.88 Å². The maximum absolute atomic E-state index is 12.2. The van der Waals surface area contributed by atoms with Crippen molar-refractivity contribution in [2.75, 3.05) is 12.4 Å². The van der Waals surface area contributed by atoms with Gasteiger partial charge in [-0.25, -0.2) is 0 Å². The molecule has 1 aromatic heterocycles. The van der Waals surface area contributed by atoms with Crippen LogP contribution in [-0.2, 0) is 0 Å². The molecule has 1 aromatic carbocycles. The van der Waals surface area contributed by atoms with E-state index in [0.29, 0.717) is 0 Å². The molecule has 0 saturated heterocycles. The Morgan fingerprint density at radius 1 is 1.31 bits per heavy atom. The molecule has 0 unspecified atom stereocenters. The van der Waals surface area contributed by atoms with Crippen LogP contribution in [0, 0.1) is 6.92 Å². The summed E-state index contributed by atoms with van der Waals surface area (Å²) in [5.41, 5.74) is 2.74. The van der Waals surface area contributed by atoms with E-state index in [9.17, 15) is 4.79 Å². The minimum absolute atomic E-state index is 0.101. The van der Waals surface area contributed by atoms with Gasteiger partial charge in [-0.1, -0.05) is 12.1 Å². The van der Waals surface area contributed by atoms with Crippen LogP contribution in [0.5, 0.6) is 0 Å². The molecular weight excluding hydrogens is 218 g/mol. The van der Waals surface area contributed by atoms with Crippen LogP contribution >= 0.6 is 11.3 Å². The summed E-state index contributed by atoms with van der Waals surface area (Å²) in [4.78, 5) is 13.0. The highest BCUT2D eigenvalue weighted by atomic mass is 32.1. The minimum Gasteiger partial charge on any atom is -0.388 e. The summed E-state index contributed by atoms with van der Waals surface area (Å²) in [6.07, 6.45) is 0. The highest BCUT2D eigenvalue weighted by Gasteiger charge is 2.12. The van der Waals surface area contributed by atoms with Crippen LogP contribution in [0.3, 0.4) is 0 Å². The van der Waals surface area contributed by atoms with Gasteiger partial charge in [0.25, 0.3) is 0 Å². The normalized spacial score (nSPS) is 10.1. The zero-order valence-electron chi connectivity index (χ0n) is 9.28. The lowest BCUT2D eigenvalue weighted by Gasteiger charge is -2.03. The first-order valence-electron chi connectivity index (χ1n) is 5.09. The predicted octanol–water partition coefficient (Wildman–Crippen LogP) is 3.33. The van der Waals surface area contributed by atoms with Crippen LogP contribution in [0.15, 0.2) is 35.7 Å². The van der Waals surface area contributed by atoms with Gasteiger partial charge in [-0.15, -0.1) is 11.3 Å². The standard InChI is InChI=1S/C13H13NOS/c1-9-6-7-16-13(9)12(15)10-4-3-5-11(8-10)14-2/h3-8,14H,1-2H3. The molecule has 1 heterocycles. The molecule has 16 heavy (non-hydrogen) atoms. The zero-order chi connectivity index (χ0) is 11.5. The molecule has 0 spiro atoms. The Kier molecular flexibility index (Phi) is 3.06. The monoisotopic (exact) mass is 231 g/mol. The Morgan fingerprint density at radius 2 is 2.12 bits per heavy atom. The topological polar surface area (TPSA) is 29.1 Å². The van der Waals surface area contributed by atoms with Gasteiger partial charge in [-0.05, 0) is 36.1 Å². The largest absolute Gasteiger partial charge is 0.388 e. The zero-order valence-corrected chi connectivity index (χ0v) is 10.1. The molecule has 0 aliphatic rings. The van der Waals surface area contributed by atoms with Crippen molar-refractivity contribution in [3.63, 3.8) is 0 Å². The fourth-order valence-corrected chi connectivity index (χ4v) is 2.44. The molecule has 0 amide bonds. The van der Waals surface area contributed by atoms with Crippen LogP contribution in [-0.4, -0.2) is 12.8 Å². The molecule has 0 aliphatic heterocycles. The van der Waals surface area contributed by atoms with Gasteiger partial charge in [0.1, 0.15) is 0 Å². The van der Waals surface area contributed by atoms with E-state index in [1.807, 2.05) is 49.7 Å². The van der Waals surface area contributed by atoms with Gasteiger partial charge in [-0.2, -0.15) is 0 Å². The second-order valence-electron chi connectivity index (χ2n) is 3.59.